The summed E-state index contributed by atoms with van der Waals surface area (Å²) in [7, 11) is 1.18. The third kappa shape index (κ3) is 4.89. The molecule has 2 aliphatic heterocycles. The lowest BCUT2D eigenvalue weighted by atomic mass is 9.79. The molecule has 9 atom stereocenters. The van der Waals surface area contributed by atoms with Crippen LogP contribution in [-0.2, 0) is 28.5 Å². The zero-order valence-corrected chi connectivity index (χ0v) is 19.2. The summed E-state index contributed by atoms with van der Waals surface area (Å²) in [5.41, 5.74) is -1.54. The van der Waals surface area contributed by atoms with Crippen LogP contribution < -0.4 is 0 Å². The Hall–Kier alpha value is -2.84. The molecule has 0 spiro atoms. The topological polar surface area (TPSA) is 181 Å². The summed E-state index contributed by atoms with van der Waals surface area (Å²) in [6.07, 6.45) is -5.24. The molecule has 1 fully saturated rings. The van der Waals surface area contributed by atoms with Crippen LogP contribution in [0.25, 0.3) is 0 Å². The molecule has 4 rings (SSSR count). The first-order valence-corrected chi connectivity index (χ1v) is 11.2. The molecule has 12 heteroatoms. The van der Waals surface area contributed by atoms with Gasteiger partial charge in [0, 0.05) is 5.92 Å². The largest absolute Gasteiger partial charge is 0.471 e. The van der Waals surface area contributed by atoms with Gasteiger partial charge in [-0.05, 0) is 12.1 Å². The van der Waals surface area contributed by atoms with E-state index in [1.54, 1.807) is 30.3 Å². The fourth-order valence-electron chi connectivity index (χ4n) is 4.53. The van der Waals surface area contributed by atoms with E-state index in [4.69, 9.17) is 23.7 Å². The highest BCUT2D eigenvalue weighted by Crippen LogP contribution is 2.46. The molecule has 1 aromatic carbocycles. The Bertz CT molecular complexity index is 1010. The summed E-state index contributed by atoms with van der Waals surface area (Å²) >= 11 is 0. The van der Waals surface area contributed by atoms with Crippen molar-refractivity contribution in [3.05, 3.63) is 59.9 Å². The smallest absolute Gasteiger partial charge is 0.338 e. The highest BCUT2D eigenvalue weighted by molar-refractivity contribution is 5.90. The van der Waals surface area contributed by atoms with E-state index >= 15 is 0 Å². The normalized spacial score (nSPS) is 37.4. The van der Waals surface area contributed by atoms with Gasteiger partial charge < -0.3 is 49.2 Å². The molecule has 3 aliphatic rings. The molecule has 36 heavy (non-hydrogen) atoms. The average molecular weight is 508 g/mol. The molecule has 0 radical (unpaired) electrons. The first-order valence-electron chi connectivity index (χ1n) is 11.2. The Morgan fingerprint density at radius 1 is 1.03 bits per heavy atom. The van der Waals surface area contributed by atoms with Gasteiger partial charge in [-0.25, -0.2) is 9.59 Å². The fourth-order valence-corrected chi connectivity index (χ4v) is 4.53. The summed E-state index contributed by atoms with van der Waals surface area (Å²) < 4.78 is 26.8. The molecule has 0 saturated carbocycles. The monoisotopic (exact) mass is 508 g/mol. The van der Waals surface area contributed by atoms with Crippen LogP contribution in [0.5, 0.6) is 0 Å². The van der Waals surface area contributed by atoms with Gasteiger partial charge in [-0.2, -0.15) is 0 Å². The molecular weight excluding hydrogens is 480 g/mol. The zero-order valence-electron chi connectivity index (χ0n) is 19.2. The van der Waals surface area contributed by atoms with Crippen LogP contribution >= 0.6 is 0 Å². The molecule has 2 heterocycles. The number of hydrogen-bond acceptors (Lipinski definition) is 12. The summed E-state index contributed by atoms with van der Waals surface area (Å²) in [5.74, 6) is -3.27. The van der Waals surface area contributed by atoms with Crippen molar-refractivity contribution >= 4 is 11.9 Å². The number of allylic oxidation sites excluding steroid dienone is 1. The van der Waals surface area contributed by atoms with Gasteiger partial charge in [0.2, 0.25) is 6.29 Å². The summed E-state index contributed by atoms with van der Waals surface area (Å²) in [6, 6.07) is 8.14. The van der Waals surface area contributed by atoms with Gasteiger partial charge in [0.25, 0.3) is 0 Å². The Labute approximate surface area is 205 Å². The highest BCUT2D eigenvalue weighted by atomic mass is 16.8. The number of methoxy groups -OCH3 is 1. The number of ether oxygens (including phenoxy) is 5. The zero-order chi connectivity index (χ0) is 26.0. The van der Waals surface area contributed by atoms with E-state index in [0.717, 1.165) is 6.26 Å². The van der Waals surface area contributed by atoms with E-state index in [1.165, 1.54) is 19.3 Å². The van der Waals surface area contributed by atoms with Crippen LogP contribution in [0.15, 0.2) is 54.3 Å². The lowest BCUT2D eigenvalue weighted by Gasteiger charge is -2.44. The highest BCUT2D eigenvalue weighted by Gasteiger charge is 2.56. The van der Waals surface area contributed by atoms with Crippen molar-refractivity contribution in [1.82, 2.24) is 0 Å². The molecule has 196 valence electrons. The Balaban J connectivity index is 1.57. The molecule has 0 bridgehead atoms. The van der Waals surface area contributed by atoms with Crippen LogP contribution in [0.3, 0.4) is 0 Å². The fraction of sp³-hybridized carbons (Fsp3) is 0.500. The van der Waals surface area contributed by atoms with E-state index in [0.29, 0.717) is 0 Å². The summed E-state index contributed by atoms with van der Waals surface area (Å²) in [5, 5.41) is 51.4. The van der Waals surface area contributed by atoms with Crippen molar-refractivity contribution in [1.29, 1.82) is 0 Å². The Morgan fingerprint density at radius 3 is 2.42 bits per heavy atom. The van der Waals surface area contributed by atoms with Gasteiger partial charge in [-0.1, -0.05) is 30.4 Å². The second-order valence-corrected chi connectivity index (χ2v) is 8.75. The maximum Gasteiger partial charge on any atom is 0.338 e. The van der Waals surface area contributed by atoms with Crippen molar-refractivity contribution < 1.29 is 58.8 Å². The van der Waals surface area contributed by atoms with Gasteiger partial charge in [-0.3, -0.25) is 0 Å². The number of aliphatic hydroxyl groups excluding tert-OH is 4. The van der Waals surface area contributed by atoms with Gasteiger partial charge in [0.05, 0.1) is 37.0 Å². The second-order valence-electron chi connectivity index (χ2n) is 8.75. The number of esters is 2. The van der Waals surface area contributed by atoms with Crippen LogP contribution in [-0.4, -0.2) is 100 Å². The van der Waals surface area contributed by atoms with Crippen LogP contribution in [0, 0.1) is 11.8 Å². The number of aliphatic hydroxyl groups is 5. The minimum atomic E-state index is -1.87. The number of carbonyl (C=O) groups is 2. The molecule has 1 saturated heterocycles. The molecule has 0 aromatic heterocycles. The maximum absolute atomic E-state index is 12.5. The van der Waals surface area contributed by atoms with Gasteiger partial charge in [0.15, 0.2) is 6.29 Å². The van der Waals surface area contributed by atoms with Crippen molar-refractivity contribution in [2.24, 2.45) is 11.8 Å². The predicted octanol–water partition coefficient (Wildman–Crippen LogP) is -1.39. The lowest BCUT2D eigenvalue weighted by molar-refractivity contribution is -0.346. The van der Waals surface area contributed by atoms with E-state index in [2.05, 4.69) is 0 Å². The van der Waals surface area contributed by atoms with Crippen molar-refractivity contribution in [3.63, 3.8) is 0 Å². The van der Waals surface area contributed by atoms with Crippen molar-refractivity contribution in [2.45, 2.75) is 42.6 Å². The minimum absolute atomic E-state index is 0.0673. The number of carbonyl (C=O) groups excluding carboxylic acids is 2. The molecule has 5 N–H and O–H groups in total. The lowest BCUT2D eigenvalue weighted by Crippen LogP contribution is -2.61. The molecule has 0 unspecified atom stereocenters. The number of fused-ring (bicyclic) bond motifs is 1. The maximum atomic E-state index is 12.5. The predicted molar refractivity (Wildman–Crippen MR) is 118 cm³/mol. The first-order chi connectivity index (χ1) is 17.2. The third-order valence-electron chi connectivity index (χ3n) is 6.52. The van der Waals surface area contributed by atoms with E-state index in [1.807, 2.05) is 0 Å². The van der Waals surface area contributed by atoms with Gasteiger partial charge >= 0.3 is 11.9 Å². The van der Waals surface area contributed by atoms with E-state index < -0.39 is 79.6 Å². The second kappa shape index (κ2) is 10.6. The van der Waals surface area contributed by atoms with Gasteiger partial charge in [-0.15, -0.1) is 0 Å². The van der Waals surface area contributed by atoms with Gasteiger partial charge in [0.1, 0.15) is 36.6 Å². The number of benzene rings is 1. The van der Waals surface area contributed by atoms with Crippen LogP contribution in [0.4, 0.5) is 0 Å². The van der Waals surface area contributed by atoms with E-state index in [9.17, 15) is 35.1 Å². The van der Waals surface area contributed by atoms with Crippen molar-refractivity contribution in [3.8, 4) is 0 Å². The van der Waals surface area contributed by atoms with Crippen LogP contribution in [0.1, 0.15) is 10.4 Å². The molecule has 0 amide bonds. The quantitative estimate of drug-likeness (QED) is 0.215. The molecule has 1 aromatic rings. The first kappa shape index (κ1) is 26.2. The SMILES string of the molecule is COC(=O)C1=CO[C@@H](O[C@@H]2O[C@H](CO)[C@@H](O)[C@H](O)[C@H]2O)[C@H]2[C@@H]1C=C[C@]2(O)COC(=O)c1ccccc1. The van der Waals surface area contributed by atoms with Crippen LogP contribution in [0.2, 0.25) is 0 Å². The minimum Gasteiger partial charge on any atom is -0.471 e. The molecular formula is C24H28O12. The van der Waals surface area contributed by atoms with Crippen molar-refractivity contribution in [2.75, 3.05) is 20.3 Å². The number of hydrogen-bond donors (Lipinski definition) is 5. The summed E-state index contributed by atoms with van der Waals surface area (Å²) in [4.78, 5) is 24.8. The Kier molecular flexibility index (Phi) is 7.76. The molecule has 1 aliphatic carbocycles. The Morgan fingerprint density at radius 2 is 1.75 bits per heavy atom. The third-order valence-corrected chi connectivity index (χ3v) is 6.52. The number of rotatable bonds is 7. The standard InChI is InChI=1S/C24H28O12/c1-32-21(30)14-10-33-22(36-23-19(28)18(27)17(26)15(9-25)35-23)16-13(14)7-8-24(16,31)11-34-20(29)12-5-3-2-4-6-12/h2-8,10,13,15-19,22-23,25-28,31H,9,11H2,1H3/t13-,15-,16-,17-,18+,19-,22+,23+,24+/m1/s1. The van der Waals surface area contributed by atoms with E-state index in [-0.39, 0.29) is 11.1 Å². The average Bonchev–Trinajstić information content (AvgIpc) is 3.25. The molecule has 12 nitrogen and oxygen atoms in total. The summed E-state index contributed by atoms with van der Waals surface area (Å²) in [6.45, 7) is -1.19.